The van der Waals surface area contributed by atoms with Crippen LogP contribution < -0.4 is 10.1 Å². The van der Waals surface area contributed by atoms with Crippen LogP contribution in [0.4, 0.5) is 13.2 Å². The Bertz CT molecular complexity index is 634. The number of amides is 1. The predicted octanol–water partition coefficient (Wildman–Crippen LogP) is 3.42. The lowest BCUT2D eigenvalue weighted by Crippen LogP contribution is -2.24. The van der Waals surface area contributed by atoms with E-state index in [4.69, 9.17) is 4.42 Å². The molecule has 1 aromatic heterocycles. The van der Waals surface area contributed by atoms with Crippen molar-refractivity contribution in [3.63, 3.8) is 0 Å². The molecule has 0 fully saturated rings. The molecule has 2 aromatic rings. The molecule has 0 atom stereocenters. The van der Waals surface area contributed by atoms with Crippen LogP contribution in [0.25, 0.3) is 0 Å². The molecule has 0 saturated heterocycles. The van der Waals surface area contributed by atoms with Crippen molar-refractivity contribution in [1.82, 2.24) is 5.32 Å². The number of aryl methyl sites for hydroxylation is 1. The average molecular weight is 299 g/mol. The highest BCUT2D eigenvalue weighted by atomic mass is 19.4. The normalized spacial score (nSPS) is 11.2. The molecule has 1 heterocycles. The van der Waals surface area contributed by atoms with Crippen LogP contribution in [0, 0.1) is 6.92 Å². The minimum Gasteiger partial charge on any atom is -0.469 e. The number of para-hydroxylation sites is 1. The second-order valence-corrected chi connectivity index (χ2v) is 4.23. The highest BCUT2D eigenvalue weighted by Gasteiger charge is 2.32. The number of hydrogen-bond donors (Lipinski definition) is 1. The van der Waals surface area contributed by atoms with E-state index in [9.17, 15) is 18.0 Å². The van der Waals surface area contributed by atoms with Gasteiger partial charge in [0.1, 0.15) is 11.5 Å². The van der Waals surface area contributed by atoms with Gasteiger partial charge in [-0.05, 0) is 19.1 Å². The van der Waals surface area contributed by atoms with Crippen molar-refractivity contribution < 1.29 is 27.1 Å². The van der Waals surface area contributed by atoms with E-state index >= 15 is 0 Å². The molecule has 1 aromatic carbocycles. The molecule has 21 heavy (non-hydrogen) atoms. The largest absolute Gasteiger partial charge is 0.573 e. The Morgan fingerprint density at radius 2 is 2.00 bits per heavy atom. The first-order valence-electron chi connectivity index (χ1n) is 6.03. The van der Waals surface area contributed by atoms with Gasteiger partial charge in [0.05, 0.1) is 11.8 Å². The molecule has 0 bridgehead atoms. The molecular formula is C14H12F3NO3. The summed E-state index contributed by atoms with van der Waals surface area (Å²) >= 11 is 0. The molecule has 0 aliphatic rings. The number of furan rings is 1. The maximum absolute atomic E-state index is 12.3. The zero-order chi connectivity index (χ0) is 15.5. The van der Waals surface area contributed by atoms with E-state index in [-0.39, 0.29) is 17.9 Å². The van der Waals surface area contributed by atoms with Crippen molar-refractivity contribution in [1.29, 1.82) is 0 Å². The van der Waals surface area contributed by atoms with Gasteiger partial charge in [0.2, 0.25) is 0 Å². The number of alkyl halides is 3. The van der Waals surface area contributed by atoms with E-state index in [1.807, 2.05) is 0 Å². The summed E-state index contributed by atoms with van der Waals surface area (Å²) in [5, 5.41) is 2.52. The molecule has 1 N–H and O–H groups in total. The molecule has 7 heteroatoms. The standard InChI is InChI=1S/C14H12F3NO3/c1-9-11(6-7-20-9)13(19)18-8-10-4-2-3-5-12(10)21-14(15,16)17/h2-7H,8H2,1H3,(H,18,19). The molecule has 0 unspecified atom stereocenters. The average Bonchev–Trinajstić information content (AvgIpc) is 2.82. The van der Waals surface area contributed by atoms with E-state index in [1.165, 1.54) is 30.5 Å². The van der Waals surface area contributed by atoms with E-state index < -0.39 is 12.3 Å². The molecule has 2 rings (SSSR count). The zero-order valence-corrected chi connectivity index (χ0v) is 11.0. The first-order valence-corrected chi connectivity index (χ1v) is 6.03. The number of rotatable bonds is 4. The third-order valence-electron chi connectivity index (χ3n) is 2.74. The fourth-order valence-corrected chi connectivity index (χ4v) is 1.77. The fourth-order valence-electron chi connectivity index (χ4n) is 1.77. The Kier molecular flexibility index (Phi) is 4.21. The molecular weight excluding hydrogens is 287 g/mol. The topological polar surface area (TPSA) is 51.5 Å². The van der Waals surface area contributed by atoms with E-state index in [0.717, 1.165) is 0 Å². The zero-order valence-electron chi connectivity index (χ0n) is 11.0. The molecule has 0 spiro atoms. The Hall–Kier alpha value is -2.44. The fraction of sp³-hybridized carbons (Fsp3) is 0.214. The van der Waals surface area contributed by atoms with Crippen molar-refractivity contribution in [3.8, 4) is 5.75 Å². The number of carbonyl (C=O) groups excluding carboxylic acids is 1. The second kappa shape index (κ2) is 5.90. The molecule has 112 valence electrons. The van der Waals surface area contributed by atoms with Gasteiger partial charge >= 0.3 is 6.36 Å². The van der Waals surface area contributed by atoms with E-state index in [0.29, 0.717) is 11.3 Å². The summed E-state index contributed by atoms with van der Waals surface area (Å²) < 4.78 is 45.7. The second-order valence-electron chi connectivity index (χ2n) is 4.23. The minimum atomic E-state index is -4.78. The van der Waals surface area contributed by atoms with Crippen LogP contribution in [-0.4, -0.2) is 12.3 Å². The Labute approximate surface area is 118 Å². The van der Waals surface area contributed by atoms with Gasteiger partial charge in [-0.3, -0.25) is 4.79 Å². The van der Waals surface area contributed by atoms with Crippen molar-refractivity contribution in [2.75, 3.05) is 0 Å². The number of nitrogens with one attached hydrogen (secondary N) is 1. The lowest BCUT2D eigenvalue weighted by atomic mass is 10.2. The van der Waals surface area contributed by atoms with Crippen LogP contribution in [0.5, 0.6) is 5.75 Å². The Balaban J connectivity index is 2.07. The summed E-state index contributed by atoms with van der Waals surface area (Å²) in [6.07, 6.45) is -3.41. The summed E-state index contributed by atoms with van der Waals surface area (Å²) in [6.45, 7) is 1.53. The SMILES string of the molecule is Cc1occc1C(=O)NCc1ccccc1OC(F)(F)F. The summed E-state index contributed by atoms with van der Waals surface area (Å²) in [6, 6.07) is 7.12. The minimum absolute atomic E-state index is 0.0876. The Morgan fingerprint density at radius 3 is 2.62 bits per heavy atom. The predicted molar refractivity (Wildman–Crippen MR) is 67.7 cm³/mol. The van der Waals surface area contributed by atoms with Crippen molar-refractivity contribution in [3.05, 3.63) is 53.5 Å². The first kappa shape index (κ1) is 15.0. The van der Waals surface area contributed by atoms with Crippen LogP contribution >= 0.6 is 0 Å². The van der Waals surface area contributed by atoms with Gasteiger partial charge in [0, 0.05) is 12.1 Å². The molecule has 4 nitrogen and oxygen atoms in total. The van der Waals surface area contributed by atoms with E-state index in [2.05, 4.69) is 10.1 Å². The van der Waals surface area contributed by atoms with Gasteiger partial charge in [-0.15, -0.1) is 13.2 Å². The number of ether oxygens (including phenoxy) is 1. The van der Waals surface area contributed by atoms with Crippen molar-refractivity contribution >= 4 is 5.91 Å². The van der Waals surface area contributed by atoms with Crippen molar-refractivity contribution in [2.45, 2.75) is 19.8 Å². The molecule has 1 amide bonds. The quantitative estimate of drug-likeness (QED) is 0.941. The molecule has 0 saturated carbocycles. The lowest BCUT2D eigenvalue weighted by Gasteiger charge is -2.13. The summed E-state index contributed by atoms with van der Waals surface area (Å²) in [5.74, 6) is -0.329. The monoisotopic (exact) mass is 299 g/mol. The molecule has 0 radical (unpaired) electrons. The van der Waals surface area contributed by atoms with Gasteiger partial charge in [-0.25, -0.2) is 0 Å². The van der Waals surface area contributed by atoms with Gasteiger partial charge in [-0.1, -0.05) is 18.2 Å². The van der Waals surface area contributed by atoms with E-state index in [1.54, 1.807) is 13.0 Å². The number of carbonyl (C=O) groups is 1. The van der Waals surface area contributed by atoms with Crippen LogP contribution in [0.3, 0.4) is 0 Å². The van der Waals surface area contributed by atoms with Crippen LogP contribution in [0.15, 0.2) is 41.0 Å². The summed E-state index contributed by atoms with van der Waals surface area (Å²) in [7, 11) is 0. The molecule has 0 aliphatic carbocycles. The highest BCUT2D eigenvalue weighted by molar-refractivity contribution is 5.95. The smallest absolute Gasteiger partial charge is 0.469 e. The Morgan fingerprint density at radius 1 is 1.29 bits per heavy atom. The van der Waals surface area contributed by atoms with Crippen LogP contribution in [0.2, 0.25) is 0 Å². The van der Waals surface area contributed by atoms with Gasteiger partial charge in [-0.2, -0.15) is 0 Å². The summed E-state index contributed by atoms with van der Waals surface area (Å²) in [4.78, 5) is 11.9. The highest BCUT2D eigenvalue weighted by Crippen LogP contribution is 2.26. The maximum Gasteiger partial charge on any atom is 0.573 e. The molecule has 0 aliphatic heterocycles. The third-order valence-corrected chi connectivity index (χ3v) is 2.74. The van der Waals surface area contributed by atoms with Gasteiger partial charge in [0.25, 0.3) is 5.91 Å². The number of hydrogen-bond acceptors (Lipinski definition) is 3. The number of benzene rings is 1. The van der Waals surface area contributed by atoms with Gasteiger partial charge < -0.3 is 14.5 Å². The van der Waals surface area contributed by atoms with Crippen LogP contribution in [-0.2, 0) is 6.54 Å². The van der Waals surface area contributed by atoms with Crippen molar-refractivity contribution in [2.24, 2.45) is 0 Å². The third kappa shape index (κ3) is 4.01. The first-order chi connectivity index (χ1) is 9.87. The summed E-state index contributed by atoms with van der Waals surface area (Å²) in [5.41, 5.74) is 0.563. The number of halogens is 3. The van der Waals surface area contributed by atoms with Gasteiger partial charge in [0.15, 0.2) is 0 Å². The lowest BCUT2D eigenvalue weighted by molar-refractivity contribution is -0.274. The maximum atomic E-state index is 12.3. The van der Waals surface area contributed by atoms with Crippen LogP contribution in [0.1, 0.15) is 21.7 Å².